The second kappa shape index (κ2) is 2.59. The van der Waals surface area contributed by atoms with Gasteiger partial charge in [-0.05, 0) is 26.7 Å². The fourth-order valence-corrected chi connectivity index (χ4v) is 1.04. The van der Waals surface area contributed by atoms with Crippen LogP contribution in [0.3, 0.4) is 0 Å². The Bertz CT molecular complexity index is 182. The molecule has 0 aromatic rings. The van der Waals surface area contributed by atoms with Crippen molar-refractivity contribution in [3.63, 3.8) is 0 Å². The number of ether oxygens (including phenoxy) is 1. The lowest BCUT2D eigenvalue weighted by molar-refractivity contribution is -0.0247. The minimum Gasteiger partial charge on any atom is -0.345 e. The van der Waals surface area contributed by atoms with E-state index >= 15 is 0 Å². The average molecular weight is 155 g/mol. The van der Waals surface area contributed by atoms with E-state index in [0.717, 1.165) is 5.71 Å². The summed E-state index contributed by atoms with van der Waals surface area (Å²) >= 11 is 0. The third-order valence-electron chi connectivity index (χ3n) is 2.18. The first-order valence-electron chi connectivity index (χ1n) is 4.16. The molecule has 11 heavy (non-hydrogen) atoms. The molecule has 1 heterocycles. The molecule has 0 N–H and O–H groups in total. The van der Waals surface area contributed by atoms with Crippen molar-refractivity contribution < 1.29 is 4.74 Å². The fraction of sp³-hybridized carbons (Fsp3) is 0.889. The minimum atomic E-state index is -0.144. The van der Waals surface area contributed by atoms with E-state index < -0.39 is 0 Å². The second-order valence-corrected chi connectivity index (χ2v) is 3.98. The molecule has 0 aromatic heterocycles. The second-order valence-electron chi connectivity index (χ2n) is 3.98. The number of hydrogen-bond donors (Lipinski definition) is 0. The van der Waals surface area contributed by atoms with Gasteiger partial charge in [-0.3, -0.25) is 4.99 Å². The Morgan fingerprint density at radius 3 is 2.18 bits per heavy atom. The maximum absolute atomic E-state index is 5.72. The van der Waals surface area contributed by atoms with Crippen molar-refractivity contribution >= 4 is 5.71 Å². The van der Waals surface area contributed by atoms with Crippen LogP contribution in [0.4, 0.5) is 0 Å². The topological polar surface area (TPSA) is 21.6 Å². The SMILES string of the molecule is CC1=NC(C(C)C)OC1(C)C. The zero-order chi connectivity index (χ0) is 8.65. The standard InChI is InChI=1S/C9H17NO/c1-6(2)8-10-7(3)9(4,5)11-8/h6,8H,1-5H3. The molecule has 1 atom stereocenters. The van der Waals surface area contributed by atoms with Gasteiger partial charge in [0, 0.05) is 5.71 Å². The number of aliphatic imine (C=N–C) groups is 1. The van der Waals surface area contributed by atoms with Gasteiger partial charge in [-0.25, -0.2) is 0 Å². The molecule has 0 saturated heterocycles. The van der Waals surface area contributed by atoms with Gasteiger partial charge in [0.1, 0.15) is 5.60 Å². The molecule has 0 amide bonds. The third-order valence-corrected chi connectivity index (χ3v) is 2.18. The first kappa shape index (κ1) is 8.72. The summed E-state index contributed by atoms with van der Waals surface area (Å²) in [6.07, 6.45) is 0.0741. The van der Waals surface area contributed by atoms with Gasteiger partial charge in [-0.2, -0.15) is 0 Å². The monoisotopic (exact) mass is 155 g/mol. The quantitative estimate of drug-likeness (QED) is 0.569. The van der Waals surface area contributed by atoms with Crippen LogP contribution in [0, 0.1) is 5.92 Å². The smallest absolute Gasteiger partial charge is 0.151 e. The third kappa shape index (κ3) is 1.62. The molecule has 0 spiro atoms. The summed E-state index contributed by atoms with van der Waals surface area (Å²) in [4.78, 5) is 4.44. The first-order chi connectivity index (χ1) is 4.93. The molecule has 0 aliphatic carbocycles. The molecule has 2 heteroatoms. The highest BCUT2D eigenvalue weighted by Crippen LogP contribution is 2.26. The predicted octanol–water partition coefficient (Wildman–Crippen LogP) is 2.24. The van der Waals surface area contributed by atoms with E-state index in [4.69, 9.17) is 4.74 Å². The Balaban J connectivity index is 2.71. The fourth-order valence-electron chi connectivity index (χ4n) is 1.04. The molecule has 1 rings (SSSR count). The molecule has 1 aliphatic heterocycles. The highest BCUT2D eigenvalue weighted by Gasteiger charge is 2.34. The van der Waals surface area contributed by atoms with Gasteiger partial charge in [-0.1, -0.05) is 13.8 Å². The molecule has 0 saturated carbocycles. The van der Waals surface area contributed by atoms with Gasteiger partial charge in [0.2, 0.25) is 0 Å². The van der Waals surface area contributed by atoms with Crippen LogP contribution >= 0.6 is 0 Å². The van der Waals surface area contributed by atoms with E-state index in [0.29, 0.717) is 5.92 Å². The lowest BCUT2D eigenvalue weighted by atomic mass is 10.1. The number of rotatable bonds is 1. The number of nitrogens with zero attached hydrogens (tertiary/aromatic N) is 1. The Kier molecular flexibility index (Phi) is 2.06. The van der Waals surface area contributed by atoms with Crippen LogP contribution in [-0.2, 0) is 4.74 Å². The largest absolute Gasteiger partial charge is 0.345 e. The maximum atomic E-state index is 5.72. The molecule has 0 fully saturated rings. The van der Waals surface area contributed by atoms with Gasteiger partial charge in [0.25, 0.3) is 0 Å². The van der Waals surface area contributed by atoms with Gasteiger partial charge >= 0.3 is 0 Å². The lowest BCUT2D eigenvalue weighted by Crippen LogP contribution is -2.30. The molecular weight excluding hydrogens is 138 g/mol. The Hall–Kier alpha value is -0.370. The van der Waals surface area contributed by atoms with Crippen molar-refractivity contribution in [2.24, 2.45) is 10.9 Å². The van der Waals surface area contributed by atoms with E-state index in [1.807, 2.05) is 6.92 Å². The van der Waals surface area contributed by atoms with Crippen molar-refractivity contribution in [2.75, 3.05) is 0 Å². The van der Waals surface area contributed by atoms with Gasteiger partial charge in [0.15, 0.2) is 6.23 Å². The van der Waals surface area contributed by atoms with Crippen molar-refractivity contribution in [3.05, 3.63) is 0 Å². The Labute approximate surface area is 68.7 Å². The molecule has 2 nitrogen and oxygen atoms in total. The summed E-state index contributed by atoms with van der Waals surface area (Å²) in [6, 6.07) is 0. The van der Waals surface area contributed by atoms with Crippen LogP contribution in [-0.4, -0.2) is 17.5 Å². The summed E-state index contributed by atoms with van der Waals surface area (Å²) in [5.41, 5.74) is 0.964. The van der Waals surface area contributed by atoms with Crippen LogP contribution in [0.15, 0.2) is 4.99 Å². The van der Waals surface area contributed by atoms with Crippen molar-refractivity contribution in [3.8, 4) is 0 Å². The molecule has 64 valence electrons. The normalized spacial score (nSPS) is 29.3. The Morgan fingerprint density at radius 2 is 2.00 bits per heavy atom. The van der Waals surface area contributed by atoms with E-state index in [-0.39, 0.29) is 11.8 Å². The lowest BCUT2D eigenvalue weighted by Gasteiger charge is -2.21. The van der Waals surface area contributed by atoms with Crippen molar-refractivity contribution in [1.29, 1.82) is 0 Å². The van der Waals surface area contributed by atoms with Crippen LogP contribution in [0.1, 0.15) is 34.6 Å². The summed E-state index contributed by atoms with van der Waals surface area (Å²) < 4.78 is 5.72. The molecule has 0 aromatic carbocycles. The van der Waals surface area contributed by atoms with Gasteiger partial charge in [0.05, 0.1) is 0 Å². The highest BCUT2D eigenvalue weighted by molar-refractivity contribution is 5.90. The summed E-state index contributed by atoms with van der Waals surface area (Å²) in [7, 11) is 0. The number of hydrogen-bond acceptors (Lipinski definition) is 2. The maximum Gasteiger partial charge on any atom is 0.151 e. The summed E-state index contributed by atoms with van der Waals surface area (Å²) in [5, 5.41) is 0. The zero-order valence-electron chi connectivity index (χ0n) is 8.01. The van der Waals surface area contributed by atoms with E-state index in [9.17, 15) is 0 Å². The van der Waals surface area contributed by atoms with Crippen LogP contribution < -0.4 is 0 Å². The van der Waals surface area contributed by atoms with E-state index in [1.54, 1.807) is 0 Å². The van der Waals surface area contributed by atoms with E-state index in [2.05, 4.69) is 32.7 Å². The first-order valence-corrected chi connectivity index (χ1v) is 4.16. The van der Waals surface area contributed by atoms with Crippen molar-refractivity contribution in [2.45, 2.75) is 46.4 Å². The zero-order valence-corrected chi connectivity index (χ0v) is 8.01. The summed E-state index contributed by atoms with van der Waals surface area (Å²) in [6.45, 7) is 10.4. The molecule has 0 radical (unpaired) electrons. The van der Waals surface area contributed by atoms with Crippen LogP contribution in [0.2, 0.25) is 0 Å². The van der Waals surface area contributed by atoms with Gasteiger partial charge in [-0.15, -0.1) is 0 Å². The molecule has 1 unspecified atom stereocenters. The average Bonchev–Trinajstić information content (AvgIpc) is 2.08. The van der Waals surface area contributed by atoms with Crippen molar-refractivity contribution in [1.82, 2.24) is 0 Å². The molecular formula is C9H17NO. The molecule has 1 aliphatic rings. The minimum absolute atomic E-state index is 0.0741. The predicted molar refractivity (Wildman–Crippen MR) is 46.9 cm³/mol. The van der Waals surface area contributed by atoms with Crippen LogP contribution in [0.5, 0.6) is 0 Å². The summed E-state index contributed by atoms with van der Waals surface area (Å²) in [5.74, 6) is 0.478. The van der Waals surface area contributed by atoms with Gasteiger partial charge < -0.3 is 4.74 Å². The highest BCUT2D eigenvalue weighted by atomic mass is 16.5. The Morgan fingerprint density at radius 1 is 1.45 bits per heavy atom. The van der Waals surface area contributed by atoms with Crippen LogP contribution in [0.25, 0.3) is 0 Å². The van der Waals surface area contributed by atoms with E-state index in [1.165, 1.54) is 0 Å². The molecule has 0 bridgehead atoms.